The summed E-state index contributed by atoms with van der Waals surface area (Å²) < 4.78 is 7.20. The number of benzene rings is 1. The first-order chi connectivity index (χ1) is 11.6. The summed E-state index contributed by atoms with van der Waals surface area (Å²) in [4.78, 5) is 8.86. The molecule has 24 heavy (non-hydrogen) atoms. The van der Waals surface area contributed by atoms with Gasteiger partial charge in [-0.3, -0.25) is 9.38 Å². The van der Waals surface area contributed by atoms with E-state index in [2.05, 4.69) is 20.2 Å². The molecule has 7 nitrogen and oxygen atoms in total. The highest BCUT2D eigenvalue weighted by Crippen LogP contribution is 2.32. The van der Waals surface area contributed by atoms with E-state index in [0.717, 1.165) is 16.8 Å². The van der Waals surface area contributed by atoms with E-state index in [9.17, 15) is 5.11 Å². The maximum atomic E-state index is 10.1. The summed E-state index contributed by atoms with van der Waals surface area (Å²) in [5.41, 5.74) is 4.57. The van der Waals surface area contributed by atoms with E-state index in [0.29, 0.717) is 28.3 Å². The molecule has 0 fully saturated rings. The van der Waals surface area contributed by atoms with E-state index < -0.39 is 0 Å². The third-order valence-electron chi connectivity index (χ3n) is 4.05. The van der Waals surface area contributed by atoms with Crippen LogP contribution in [-0.2, 0) is 0 Å². The Labute approximate surface area is 137 Å². The summed E-state index contributed by atoms with van der Waals surface area (Å²) in [6.45, 7) is 3.88. The van der Waals surface area contributed by atoms with Crippen molar-refractivity contribution in [2.24, 2.45) is 0 Å². The smallest absolute Gasteiger partial charge is 0.183 e. The summed E-state index contributed by atoms with van der Waals surface area (Å²) in [5, 5.41) is 18.6. The highest BCUT2D eigenvalue weighted by atomic mass is 16.5. The van der Waals surface area contributed by atoms with Crippen LogP contribution in [0.2, 0.25) is 0 Å². The van der Waals surface area contributed by atoms with Crippen LogP contribution in [0.4, 0.5) is 0 Å². The molecule has 120 valence electrons. The number of aryl methyl sites for hydroxylation is 2. The highest BCUT2D eigenvalue weighted by Gasteiger charge is 2.18. The number of imidazole rings is 1. The van der Waals surface area contributed by atoms with Gasteiger partial charge in [-0.2, -0.15) is 0 Å². The Morgan fingerprint density at radius 2 is 2.00 bits per heavy atom. The number of methoxy groups -OCH3 is 1. The fraction of sp³-hybridized carbons (Fsp3) is 0.176. The van der Waals surface area contributed by atoms with Crippen molar-refractivity contribution < 1.29 is 9.84 Å². The molecular weight excluding hydrogens is 306 g/mol. The maximum absolute atomic E-state index is 10.1. The number of fused-ring (bicyclic) bond motifs is 3. The Morgan fingerprint density at radius 1 is 1.17 bits per heavy atom. The second-order valence-electron chi connectivity index (χ2n) is 5.59. The van der Waals surface area contributed by atoms with Crippen molar-refractivity contribution in [2.45, 2.75) is 13.8 Å². The van der Waals surface area contributed by atoms with Crippen molar-refractivity contribution in [3.05, 3.63) is 41.9 Å². The van der Waals surface area contributed by atoms with Gasteiger partial charge in [0, 0.05) is 30.1 Å². The number of hydrogen-bond acceptors (Lipinski definition) is 6. The van der Waals surface area contributed by atoms with Gasteiger partial charge in [0.25, 0.3) is 0 Å². The molecule has 0 aliphatic heterocycles. The molecule has 0 spiro atoms. The predicted molar refractivity (Wildman–Crippen MR) is 89.2 cm³/mol. The quantitative estimate of drug-likeness (QED) is 0.611. The van der Waals surface area contributed by atoms with Crippen LogP contribution in [-0.4, -0.2) is 36.8 Å². The minimum absolute atomic E-state index is 0.0915. The lowest BCUT2D eigenvalue weighted by atomic mass is 10.1. The Morgan fingerprint density at radius 3 is 2.75 bits per heavy atom. The van der Waals surface area contributed by atoms with Crippen molar-refractivity contribution in [2.75, 3.05) is 7.11 Å². The molecule has 0 unspecified atom stereocenters. The van der Waals surface area contributed by atoms with E-state index >= 15 is 0 Å². The second-order valence-corrected chi connectivity index (χ2v) is 5.59. The maximum Gasteiger partial charge on any atom is 0.183 e. The molecule has 3 heterocycles. The van der Waals surface area contributed by atoms with Crippen molar-refractivity contribution in [3.63, 3.8) is 0 Å². The Balaban J connectivity index is 2.20. The largest absolute Gasteiger partial charge is 0.508 e. The van der Waals surface area contributed by atoms with Crippen LogP contribution in [0.15, 0.2) is 30.6 Å². The van der Waals surface area contributed by atoms with Gasteiger partial charge in [-0.15, -0.1) is 10.2 Å². The third-order valence-corrected chi connectivity index (χ3v) is 4.05. The number of nitrogens with zero attached hydrogens (tertiary/aromatic N) is 5. The van der Waals surface area contributed by atoms with Crippen LogP contribution in [0.5, 0.6) is 11.5 Å². The number of phenols is 1. The fourth-order valence-corrected chi connectivity index (χ4v) is 2.85. The first-order valence-corrected chi connectivity index (χ1v) is 7.43. The van der Waals surface area contributed by atoms with Gasteiger partial charge in [0.2, 0.25) is 0 Å². The summed E-state index contributed by atoms with van der Waals surface area (Å²) >= 11 is 0. The van der Waals surface area contributed by atoms with Crippen LogP contribution < -0.4 is 4.74 Å². The van der Waals surface area contributed by atoms with E-state index in [1.165, 1.54) is 13.2 Å². The summed E-state index contributed by atoms with van der Waals surface area (Å²) in [7, 11) is 1.53. The van der Waals surface area contributed by atoms with Crippen molar-refractivity contribution >= 4 is 16.7 Å². The van der Waals surface area contributed by atoms with Crippen molar-refractivity contribution in [3.8, 4) is 22.9 Å². The highest BCUT2D eigenvalue weighted by molar-refractivity contribution is 5.86. The van der Waals surface area contributed by atoms with Crippen LogP contribution in [0.3, 0.4) is 0 Å². The second kappa shape index (κ2) is 5.16. The van der Waals surface area contributed by atoms with Gasteiger partial charge in [0.05, 0.1) is 18.3 Å². The molecule has 7 heteroatoms. The fourth-order valence-electron chi connectivity index (χ4n) is 2.85. The SMILES string of the molecule is COc1cc(O)cc2c1nnc1c(C)nc(-c3cnccc3C)n12. The minimum atomic E-state index is 0.0915. The number of rotatable bonds is 2. The molecule has 0 saturated heterocycles. The van der Waals surface area contributed by atoms with Crippen molar-refractivity contribution in [1.82, 2.24) is 24.6 Å². The third kappa shape index (κ3) is 1.98. The van der Waals surface area contributed by atoms with Crippen LogP contribution in [0.1, 0.15) is 11.3 Å². The normalized spacial score (nSPS) is 11.3. The molecule has 1 N–H and O–H groups in total. The number of aromatic nitrogens is 5. The Hall–Kier alpha value is -3.22. The average Bonchev–Trinajstić information content (AvgIpc) is 2.91. The standard InChI is InChI=1S/C17H15N5O2/c1-9-4-5-18-8-12(9)17-19-10(2)16-21-20-15-13(22(16)17)6-11(23)7-14(15)24-3/h4-8,23H,1-3H3. The lowest BCUT2D eigenvalue weighted by Gasteiger charge is -2.09. The van der Waals surface area contributed by atoms with Crippen LogP contribution >= 0.6 is 0 Å². The van der Waals surface area contributed by atoms with Gasteiger partial charge in [-0.1, -0.05) is 0 Å². The molecule has 0 bridgehead atoms. The van der Waals surface area contributed by atoms with Gasteiger partial charge in [0.15, 0.2) is 16.9 Å². The van der Waals surface area contributed by atoms with Gasteiger partial charge in [-0.25, -0.2) is 4.98 Å². The molecule has 3 aromatic heterocycles. The molecular formula is C17H15N5O2. The van der Waals surface area contributed by atoms with Crippen LogP contribution in [0, 0.1) is 13.8 Å². The van der Waals surface area contributed by atoms with Gasteiger partial charge in [0.1, 0.15) is 11.6 Å². The number of pyridine rings is 1. The predicted octanol–water partition coefficient (Wildman–Crippen LogP) is 2.67. The summed E-state index contributed by atoms with van der Waals surface area (Å²) in [6, 6.07) is 5.08. The first kappa shape index (κ1) is 14.4. The number of ether oxygens (including phenoxy) is 1. The lowest BCUT2D eigenvalue weighted by Crippen LogP contribution is -2.00. The molecule has 4 rings (SSSR count). The lowest BCUT2D eigenvalue weighted by molar-refractivity contribution is 0.411. The topological polar surface area (TPSA) is 85.4 Å². The van der Waals surface area contributed by atoms with Crippen LogP contribution in [0.25, 0.3) is 28.1 Å². The Bertz CT molecular complexity index is 1090. The van der Waals surface area contributed by atoms with E-state index in [-0.39, 0.29) is 5.75 Å². The molecule has 0 aliphatic rings. The molecule has 4 aromatic rings. The van der Waals surface area contributed by atoms with Gasteiger partial charge in [-0.05, 0) is 25.5 Å². The molecule has 0 amide bonds. The minimum Gasteiger partial charge on any atom is -0.508 e. The summed E-state index contributed by atoms with van der Waals surface area (Å²) in [6.07, 6.45) is 3.52. The zero-order valence-corrected chi connectivity index (χ0v) is 13.5. The molecule has 1 aromatic carbocycles. The number of aromatic hydroxyl groups is 1. The zero-order valence-electron chi connectivity index (χ0n) is 13.5. The number of phenolic OH excluding ortho intramolecular Hbond substituents is 1. The average molecular weight is 321 g/mol. The van der Waals surface area contributed by atoms with E-state index in [1.807, 2.05) is 24.3 Å². The zero-order chi connectivity index (χ0) is 16.8. The summed E-state index contributed by atoms with van der Waals surface area (Å²) in [5.74, 6) is 1.26. The molecule has 0 atom stereocenters. The number of hydrogen-bond donors (Lipinski definition) is 1. The van der Waals surface area contributed by atoms with E-state index in [1.54, 1.807) is 18.5 Å². The molecule has 0 saturated carbocycles. The van der Waals surface area contributed by atoms with Gasteiger partial charge >= 0.3 is 0 Å². The van der Waals surface area contributed by atoms with E-state index in [4.69, 9.17) is 4.74 Å². The first-order valence-electron chi connectivity index (χ1n) is 7.43. The van der Waals surface area contributed by atoms with Crippen molar-refractivity contribution in [1.29, 1.82) is 0 Å². The monoisotopic (exact) mass is 321 g/mol. The van der Waals surface area contributed by atoms with Gasteiger partial charge < -0.3 is 9.84 Å². The molecule has 0 aliphatic carbocycles. The molecule has 0 radical (unpaired) electrons. The Kier molecular flexibility index (Phi) is 3.09.